The van der Waals surface area contributed by atoms with Crippen molar-refractivity contribution >= 4 is 15.7 Å². The quantitative estimate of drug-likeness (QED) is 0.330. The fourth-order valence-electron chi connectivity index (χ4n) is 1.85. The van der Waals surface area contributed by atoms with Crippen LogP contribution in [0.15, 0.2) is 12.7 Å². The monoisotopic (exact) mass is 293 g/mol. The molecule has 1 atom stereocenters. The van der Waals surface area contributed by atoms with Crippen LogP contribution in [0.4, 0.5) is 0 Å². The van der Waals surface area contributed by atoms with Crippen molar-refractivity contribution in [1.82, 2.24) is 5.32 Å². The van der Waals surface area contributed by atoms with E-state index in [1.54, 1.807) is 0 Å². The molecule has 0 aromatic carbocycles. The third kappa shape index (κ3) is 10.7. The predicted molar refractivity (Wildman–Crippen MR) is 75.4 cm³/mol. The van der Waals surface area contributed by atoms with E-state index in [4.69, 9.17) is 0 Å². The lowest BCUT2D eigenvalue weighted by atomic mass is 10.3. The molecule has 0 fully saturated rings. The summed E-state index contributed by atoms with van der Waals surface area (Å²) >= 11 is 0. The molecule has 7 heteroatoms. The van der Waals surface area contributed by atoms with E-state index >= 15 is 0 Å². The molecule has 0 rings (SSSR count). The van der Waals surface area contributed by atoms with Crippen molar-refractivity contribution in [2.45, 2.75) is 12.5 Å². The highest BCUT2D eigenvalue weighted by Crippen LogP contribution is 2.03. The van der Waals surface area contributed by atoms with Gasteiger partial charge in [-0.1, -0.05) is 6.58 Å². The van der Waals surface area contributed by atoms with E-state index in [1.165, 1.54) is 6.08 Å². The first-order valence-electron chi connectivity index (χ1n) is 6.14. The fourth-order valence-corrected chi connectivity index (χ4v) is 2.66. The molecule has 0 saturated heterocycles. The average molecular weight is 293 g/mol. The highest BCUT2D eigenvalue weighted by atomic mass is 32.2. The van der Waals surface area contributed by atoms with E-state index in [1.807, 2.05) is 14.1 Å². The van der Waals surface area contributed by atoms with Crippen LogP contribution in [0.3, 0.4) is 0 Å². The van der Waals surface area contributed by atoms with E-state index in [0.717, 1.165) is 19.2 Å². The first-order chi connectivity index (χ1) is 8.56. The van der Waals surface area contributed by atoms with Gasteiger partial charge in [-0.3, -0.25) is 4.79 Å². The molecule has 0 radical (unpaired) electrons. The van der Waals surface area contributed by atoms with Gasteiger partial charge in [-0.15, -0.1) is 0 Å². The zero-order valence-corrected chi connectivity index (χ0v) is 12.7. The molecule has 19 heavy (non-hydrogen) atoms. The lowest BCUT2D eigenvalue weighted by Gasteiger charge is -2.31. The van der Waals surface area contributed by atoms with Gasteiger partial charge in [0.25, 0.3) is 0 Å². The van der Waals surface area contributed by atoms with Crippen LogP contribution < -0.4 is 5.32 Å². The molecule has 0 saturated carbocycles. The lowest BCUT2D eigenvalue weighted by molar-refractivity contribution is -0.893. The summed E-state index contributed by atoms with van der Waals surface area (Å²) in [5.74, 6) is -0.426. The Morgan fingerprint density at radius 1 is 1.47 bits per heavy atom. The number of carbonyl (C=O) groups excluding carboxylic acids is 1. The minimum atomic E-state index is -3.16. The van der Waals surface area contributed by atoms with Gasteiger partial charge in [-0.25, -0.2) is 8.42 Å². The number of likely N-dealkylation sites (N-methyl/N-ethyl adjacent to an activating group) is 1. The molecule has 0 aliphatic carbocycles. The predicted octanol–water partition coefficient (Wildman–Crippen LogP) is -0.839. The van der Waals surface area contributed by atoms with Gasteiger partial charge >= 0.3 is 0 Å². The van der Waals surface area contributed by atoms with Crippen LogP contribution in [0, 0.1) is 0 Å². The largest absolute Gasteiger partial charge is 0.386 e. The smallest absolute Gasteiger partial charge is 0.243 e. The number of aliphatic hydroxyl groups excluding tert-OH is 1. The minimum Gasteiger partial charge on any atom is -0.386 e. The topological polar surface area (TPSA) is 83.5 Å². The molecule has 1 amide bonds. The van der Waals surface area contributed by atoms with Crippen LogP contribution in [-0.4, -0.2) is 75.8 Å². The maximum absolute atomic E-state index is 11.1. The Labute approximate surface area is 115 Å². The number of carbonyl (C=O) groups is 1. The first-order valence-corrected chi connectivity index (χ1v) is 8.20. The number of nitrogens with one attached hydrogen (secondary N) is 1. The zero-order valence-electron chi connectivity index (χ0n) is 11.9. The summed E-state index contributed by atoms with van der Waals surface area (Å²) in [7, 11) is 0.671. The van der Waals surface area contributed by atoms with Crippen LogP contribution in [0.5, 0.6) is 0 Å². The lowest BCUT2D eigenvalue weighted by Crippen LogP contribution is -2.48. The van der Waals surface area contributed by atoms with Gasteiger partial charge < -0.3 is 14.9 Å². The second kappa shape index (κ2) is 7.62. The van der Waals surface area contributed by atoms with Crippen molar-refractivity contribution < 1.29 is 22.8 Å². The molecule has 0 bridgehead atoms. The molecule has 112 valence electrons. The number of quaternary nitrogens is 1. The van der Waals surface area contributed by atoms with Crippen molar-refractivity contribution in [1.29, 1.82) is 0 Å². The summed E-state index contributed by atoms with van der Waals surface area (Å²) in [5.41, 5.74) is 0. The van der Waals surface area contributed by atoms with Crippen LogP contribution in [0.25, 0.3) is 0 Å². The summed E-state index contributed by atoms with van der Waals surface area (Å²) in [4.78, 5) is 10.9. The van der Waals surface area contributed by atoms with Gasteiger partial charge in [0.1, 0.15) is 22.5 Å². The van der Waals surface area contributed by atoms with Crippen molar-refractivity contribution in [3.05, 3.63) is 12.7 Å². The number of hydrogen-bond acceptors (Lipinski definition) is 4. The Kier molecular flexibility index (Phi) is 7.25. The van der Waals surface area contributed by atoms with Crippen LogP contribution in [-0.2, 0) is 14.6 Å². The third-order valence-corrected chi connectivity index (χ3v) is 3.62. The second-order valence-corrected chi connectivity index (χ2v) is 7.62. The number of amides is 1. The van der Waals surface area contributed by atoms with Gasteiger partial charge in [0, 0.05) is 19.2 Å². The SMILES string of the molecule is C=CC(=O)NCCC[N+](C)(C)CC(O)CS(C)(=O)=O. The fraction of sp³-hybridized carbons (Fsp3) is 0.750. The molecule has 2 N–H and O–H groups in total. The average Bonchev–Trinajstić information content (AvgIpc) is 2.20. The van der Waals surface area contributed by atoms with E-state index in [0.29, 0.717) is 17.6 Å². The molecular weight excluding hydrogens is 268 g/mol. The molecule has 0 aromatic rings. The molecule has 0 spiro atoms. The minimum absolute atomic E-state index is 0.206. The Hall–Kier alpha value is -0.920. The number of aliphatic hydroxyl groups is 1. The number of sulfone groups is 1. The van der Waals surface area contributed by atoms with E-state index < -0.39 is 15.9 Å². The molecule has 0 aromatic heterocycles. The molecule has 0 heterocycles. The van der Waals surface area contributed by atoms with Crippen LogP contribution >= 0.6 is 0 Å². The van der Waals surface area contributed by atoms with Crippen molar-refractivity contribution in [2.75, 3.05) is 45.7 Å². The Morgan fingerprint density at radius 3 is 2.53 bits per heavy atom. The number of rotatable bonds is 9. The zero-order chi connectivity index (χ0) is 15.1. The van der Waals surface area contributed by atoms with Gasteiger partial charge in [0.2, 0.25) is 5.91 Å². The summed E-state index contributed by atoms with van der Waals surface area (Å²) < 4.78 is 22.6. The third-order valence-electron chi connectivity index (χ3n) is 2.62. The van der Waals surface area contributed by atoms with Crippen molar-refractivity contribution in [3.8, 4) is 0 Å². The Morgan fingerprint density at radius 2 is 2.05 bits per heavy atom. The Balaban J connectivity index is 4.04. The Bertz CT molecular complexity index is 404. The van der Waals surface area contributed by atoms with Gasteiger partial charge in [0.05, 0.1) is 26.4 Å². The summed E-state index contributed by atoms with van der Waals surface area (Å²) in [5, 5.41) is 12.4. The summed E-state index contributed by atoms with van der Waals surface area (Å²) in [6.07, 6.45) is 2.21. The molecule has 0 aliphatic rings. The van der Waals surface area contributed by atoms with E-state index in [9.17, 15) is 18.3 Å². The molecule has 6 nitrogen and oxygen atoms in total. The van der Waals surface area contributed by atoms with E-state index in [2.05, 4.69) is 11.9 Å². The van der Waals surface area contributed by atoms with Crippen LogP contribution in [0.1, 0.15) is 6.42 Å². The summed E-state index contributed by atoms with van der Waals surface area (Å²) in [6, 6.07) is 0. The van der Waals surface area contributed by atoms with Crippen molar-refractivity contribution in [2.24, 2.45) is 0 Å². The molecule has 0 aliphatic heterocycles. The molecule has 1 unspecified atom stereocenters. The van der Waals surface area contributed by atoms with Gasteiger partial charge in [-0.05, 0) is 6.08 Å². The maximum Gasteiger partial charge on any atom is 0.243 e. The standard InChI is InChI=1S/C12H24N2O4S/c1-5-12(16)13-7-6-8-14(2,3)9-11(15)10-19(4,17)18/h5,11,15H,1,6-10H2,2-4H3/p+1. The van der Waals surface area contributed by atoms with Crippen molar-refractivity contribution in [3.63, 3.8) is 0 Å². The first kappa shape index (κ1) is 18.1. The highest BCUT2D eigenvalue weighted by molar-refractivity contribution is 7.90. The number of hydrogen-bond donors (Lipinski definition) is 2. The van der Waals surface area contributed by atoms with E-state index in [-0.39, 0.29) is 11.7 Å². The molecular formula is C12H25N2O4S+. The second-order valence-electron chi connectivity index (χ2n) is 5.44. The normalized spacial score (nSPS) is 13.9. The highest BCUT2D eigenvalue weighted by Gasteiger charge is 2.23. The number of nitrogens with zero attached hydrogens (tertiary/aromatic N) is 1. The summed E-state index contributed by atoms with van der Waals surface area (Å²) in [6.45, 7) is 4.99. The maximum atomic E-state index is 11.1. The van der Waals surface area contributed by atoms with Crippen LogP contribution in [0.2, 0.25) is 0 Å². The van der Waals surface area contributed by atoms with Gasteiger partial charge in [0.15, 0.2) is 0 Å². The van der Waals surface area contributed by atoms with Gasteiger partial charge in [-0.2, -0.15) is 0 Å².